The molecule has 2 aliphatic rings. The molecule has 0 saturated carbocycles. The molecule has 5 aromatic rings. The number of allylic oxidation sites excluding steroid dienone is 8. The maximum Gasteiger partial charge on any atom is 0.244 e. The third-order valence-corrected chi connectivity index (χ3v) is 7.80. The summed E-state index contributed by atoms with van der Waals surface area (Å²) in [6.45, 7) is 3.59. The van der Waals surface area contributed by atoms with Crippen molar-refractivity contribution >= 4 is 21.5 Å². The lowest BCUT2D eigenvalue weighted by Crippen LogP contribution is -2.31. The molecule has 7 rings (SSSR count). The minimum atomic E-state index is 0.846. The van der Waals surface area contributed by atoms with Gasteiger partial charge >= 0.3 is 0 Å². The molecule has 4 heteroatoms. The van der Waals surface area contributed by atoms with Gasteiger partial charge in [-0.3, -0.25) is 0 Å². The van der Waals surface area contributed by atoms with E-state index in [4.69, 9.17) is 0 Å². The van der Waals surface area contributed by atoms with Gasteiger partial charge in [0.25, 0.3) is 0 Å². The summed E-state index contributed by atoms with van der Waals surface area (Å²) >= 11 is 0. The van der Waals surface area contributed by atoms with E-state index in [1.165, 1.54) is 43.8 Å². The van der Waals surface area contributed by atoms with Crippen molar-refractivity contribution in [1.29, 1.82) is 0 Å². The zero-order chi connectivity index (χ0) is 25.3. The molecule has 0 spiro atoms. The van der Waals surface area contributed by atoms with Crippen molar-refractivity contribution in [1.82, 2.24) is 9.13 Å². The molecule has 0 radical (unpaired) electrons. The highest BCUT2D eigenvalue weighted by Crippen LogP contribution is 2.34. The van der Waals surface area contributed by atoms with Crippen molar-refractivity contribution in [3.8, 4) is 0 Å². The number of hydrogen-bond donors (Lipinski definition) is 0. The fraction of sp³-hybridized carbons (Fsp3) is 0.176. The molecule has 0 aliphatic heterocycles. The van der Waals surface area contributed by atoms with Crippen LogP contribution < -0.4 is 9.13 Å². The third-order valence-electron chi connectivity index (χ3n) is 7.80. The Kier molecular flexibility index (Phi) is 5.86. The van der Waals surface area contributed by atoms with E-state index in [9.17, 15) is 0 Å². The fourth-order valence-corrected chi connectivity index (χ4v) is 5.95. The summed E-state index contributed by atoms with van der Waals surface area (Å²) in [5.41, 5.74) is 5.67. The summed E-state index contributed by atoms with van der Waals surface area (Å²) in [4.78, 5) is 0. The van der Waals surface area contributed by atoms with E-state index in [0.717, 1.165) is 39.0 Å². The minimum Gasteiger partial charge on any atom is -0.233 e. The van der Waals surface area contributed by atoms with E-state index in [2.05, 4.69) is 141 Å². The molecule has 0 saturated heterocycles. The monoisotopic (exact) mass is 496 g/mol. The van der Waals surface area contributed by atoms with E-state index < -0.39 is 0 Å². The second kappa shape index (κ2) is 9.79. The standard InChI is InChI=1S/C34H32N4/c1-2-10-27(9-1)21-35-17-19-37(25-35)23-33-29-13-5-7-15-31(29)34(32-16-8-6-14-30(32)33)24-38-20-18-36(26-38)22-28-11-3-4-12-28/h1-9,11,13-20,25-26H,10,12,21-24H2/q+2. The largest absolute Gasteiger partial charge is 0.244 e. The molecule has 0 N–H and O–H groups in total. The van der Waals surface area contributed by atoms with Crippen LogP contribution >= 0.6 is 0 Å². The molecule has 38 heavy (non-hydrogen) atoms. The SMILES string of the molecule is C1=CCC(C[n+]2ccn(Cc3c4ccccc4c(Cn4cc[n+](CC5=CC=CC5)c4)c4ccccc34)c2)=C1. The molecule has 0 fully saturated rings. The molecule has 2 aliphatic carbocycles. The highest BCUT2D eigenvalue weighted by atomic mass is 15.1. The van der Waals surface area contributed by atoms with Gasteiger partial charge in [0.05, 0.1) is 0 Å². The summed E-state index contributed by atoms with van der Waals surface area (Å²) in [7, 11) is 0. The van der Waals surface area contributed by atoms with Crippen LogP contribution in [-0.4, -0.2) is 9.13 Å². The van der Waals surface area contributed by atoms with Crippen LogP contribution in [0.5, 0.6) is 0 Å². The van der Waals surface area contributed by atoms with E-state index in [-0.39, 0.29) is 0 Å². The van der Waals surface area contributed by atoms with E-state index in [0.29, 0.717) is 0 Å². The molecule has 0 bridgehead atoms. The van der Waals surface area contributed by atoms with Crippen LogP contribution in [-0.2, 0) is 26.2 Å². The Morgan fingerprint density at radius 3 is 1.37 bits per heavy atom. The molecular weight excluding hydrogens is 464 g/mol. The lowest BCUT2D eigenvalue weighted by Gasteiger charge is -2.15. The van der Waals surface area contributed by atoms with Gasteiger partial charge in [-0.15, -0.1) is 0 Å². The van der Waals surface area contributed by atoms with E-state index >= 15 is 0 Å². The Morgan fingerprint density at radius 1 is 0.579 bits per heavy atom. The number of aromatic nitrogens is 4. The average molecular weight is 497 g/mol. The van der Waals surface area contributed by atoms with Crippen molar-refractivity contribution in [2.75, 3.05) is 0 Å². The molecule has 0 unspecified atom stereocenters. The molecule has 0 atom stereocenters. The number of hydrogen-bond acceptors (Lipinski definition) is 0. The highest BCUT2D eigenvalue weighted by molar-refractivity contribution is 6.05. The maximum atomic E-state index is 2.32. The lowest BCUT2D eigenvalue weighted by molar-refractivity contribution is -0.688. The van der Waals surface area contributed by atoms with Gasteiger partial charge in [0, 0.05) is 11.1 Å². The average Bonchev–Trinajstić information content (AvgIpc) is 3.77. The van der Waals surface area contributed by atoms with Crippen molar-refractivity contribution in [3.63, 3.8) is 0 Å². The molecule has 2 heterocycles. The quantitative estimate of drug-likeness (QED) is 0.184. The topological polar surface area (TPSA) is 17.6 Å². The van der Waals surface area contributed by atoms with Crippen LogP contribution in [0.4, 0.5) is 0 Å². The van der Waals surface area contributed by atoms with Gasteiger partial charge in [-0.2, -0.15) is 0 Å². The zero-order valence-corrected chi connectivity index (χ0v) is 21.6. The molecule has 186 valence electrons. The molecule has 0 amide bonds. The second-order valence-corrected chi connectivity index (χ2v) is 10.5. The van der Waals surface area contributed by atoms with Gasteiger partial charge in [0.2, 0.25) is 12.7 Å². The normalized spacial score (nSPS) is 14.6. The van der Waals surface area contributed by atoms with Crippen LogP contribution in [0.1, 0.15) is 24.0 Å². The number of imidazole rings is 2. The van der Waals surface area contributed by atoms with Crippen molar-refractivity contribution < 1.29 is 9.13 Å². The zero-order valence-electron chi connectivity index (χ0n) is 21.6. The van der Waals surface area contributed by atoms with Crippen LogP contribution in [0.2, 0.25) is 0 Å². The first-order valence-corrected chi connectivity index (χ1v) is 13.5. The smallest absolute Gasteiger partial charge is 0.233 e. The van der Waals surface area contributed by atoms with Crippen LogP contribution in [0, 0.1) is 0 Å². The van der Waals surface area contributed by atoms with E-state index in [1.54, 1.807) is 0 Å². The Hall–Kier alpha value is -4.44. The number of fused-ring (bicyclic) bond motifs is 2. The summed E-state index contributed by atoms with van der Waals surface area (Å²) in [6.07, 6.45) is 28.6. The van der Waals surface area contributed by atoms with Gasteiger partial charge in [0.1, 0.15) is 51.0 Å². The number of rotatable bonds is 8. The Morgan fingerprint density at radius 2 is 1.00 bits per heavy atom. The summed E-state index contributed by atoms with van der Waals surface area (Å²) in [5, 5.41) is 5.36. The van der Waals surface area contributed by atoms with Gasteiger partial charge in [-0.25, -0.2) is 18.3 Å². The van der Waals surface area contributed by atoms with Crippen molar-refractivity contribution in [2.24, 2.45) is 0 Å². The molecule has 2 aromatic heterocycles. The Labute approximate surface area is 223 Å². The third kappa shape index (κ3) is 4.43. The predicted molar refractivity (Wildman–Crippen MR) is 153 cm³/mol. The first kappa shape index (κ1) is 22.7. The van der Waals surface area contributed by atoms with Crippen molar-refractivity contribution in [3.05, 3.63) is 145 Å². The van der Waals surface area contributed by atoms with Gasteiger partial charge < -0.3 is 0 Å². The summed E-state index contributed by atoms with van der Waals surface area (Å²) in [5.74, 6) is 0. The maximum absolute atomic E-state index is 2.32. The summed E-state index contributed by atoms with van der Waals surface area (Å²) < 4.78 is 9.21. The predicted octanol–water partition coefficient (Wildman–Crippen LogP) is 6.04. The van der Waals surface area contributed by atoms with Crippen molar-refractivity contribution in [2.45, 2.75) is 39.0 Å². The minimum absolute atomic E-state index is 0.846. The first-order valence-electron chi connectivity index (χ1n) is 13.5. The number of nitrogens with zero attached hydrogens (tertiary/aromatic N) is 4. The van der Waals surface area contributed by atoms with Gasteiger partial charge in [-0.1, -0.05) is 85.0 Å². The fourth-order valence-electron chi connectivity index (χ4n) is 5.95. The Bertz CT molecular complexity index is 1590. The molecule has 3 aromatic carbocycles. The summed E-state index contributed by atoms with van der Waals surface area (Å²) in [6, 6.07) is 17.9. The number of benzene rings is 3. The first-order chi connectivity index (χ1) is 18.8. The Balaban J connectivity index is 1.24. The van der Waals surface area contributed by atoms with E-state index in [1.807, 2.05) is 0 Å². The molecule has 4 nitrogen and oxygen atoms in total. The second-order valence-electron chi connectivity index (χ2n) is 10.5. The van der Waals surface area contributed by atoms with Crippen LogP contribution in [0.15, 0.2) is 134 Å². The van der Waals surface area contributed by atoms with Crippen LogP contribution in [0.25, 0.3) is 21.5 Å². The van der Waals surface area contributed by atoms with Gasteiger partial charge in [-0.05, 0) is 45.5 Å². The molecular formula is C34H32N4+2. The van der Waals surface area contributed by atoms with Gasteiger partial charge in [0.15, 0.2) is 0 Å². The van der Waals surface area contributed by atoms with Crippen LogP contribution in [0.3, 0.4) is 0 Å². The highest BCUT2D eigenvalue weighted by Gasteiger charge is 2.18. The lowest BCUT2D eigenvalue weighted by atomic mass is 9.91.